The van der Waals surface area contributed by atoms with Crippen molar-refractivity contribution in [2.45, 2.75) is 51.1 Å². The van der Waals surface area contributed by atoms with E-state index in [9.17, 15) is 0 Å². The topological polar surface area (TPSA) is 18.5 Å². The lowest BCUT2D eigenvalue weighted by Crippen LogP contribution is -2.41. The predicted octanol–water partition coefficient (Wildman–Crippen LogP) is 2.25. The number of alkyl halides is 1. The van der Waals surface area contributed by atoms with Crippen molar-refractivity contribution in [3.63, 3.8) is 0 Å². The molecule has 1 unspecified atom stereocenters. The number of rotatable bonds is 1. The van der Waals surface area contributed by atoms with Gasteiger partial charge in [0.15, 0.2) is 0 Å². The lowest BCUT2D eigenvalue weighted by Gasteiger charge is -2.32. The third-order valence-corrected chi connectivity index (χ3v) is 2.85. The van der Waals surface area contributed by atoms with E-state index in [4.69, 9.17) is 20.9 Å². The third kappa shape index (κ3) is 1.63. The molecule has 0 aromatic carbocycles. The first-order valence-electron chi connectivity index (χ1n) is 4.26. The first kappa shape index (κ1) is 10.4. The normalized spacial score (nSPS) is 29.0. The van der Waals surface area contributed by atoms with Crippen LogP contribution in [-0.2, 0) is 9.31 Å². The van der Waals surface area contributed by atoms with E-state index in [0.29, 0.717) is 0 Å². The molecular weight excluding hydrogens is 174 g/mol. The minimum Gasteiger partial charge on any atom is -0.402 e. The maximum atomic E-state index is 5.89. The maximum absolute atomic E-state index is 5.89. The molecule has 1 saturated heterocycles. The molecule has 1 aliphatic heterocycles. The minimum atomic E-state index is -0.281. The van der Waals surface area contributed by atoms with Crippen molar-refractivity contribution in [3.8, 4) is 0 Å². The van der Waals surface area contributed by atoms with E-state index in [-0.39, 0.29) is 23.6 Å². The van der Waals surface area contributed by atoms with Gasteiger partial charge in [-0.05, 0) is 27.7 Å². The van der Waals surface area contributed by atoms with Gasteiger partial charge >= 0.3 is 7.12 Å². The van der Waals surface area contributed by atoms with Crippen molar-refractivity contribution in [2.75, 3.05) is 0 Å². The van der Waals surface area contributed by atoms with Gasteiger partial charge in [-0.2, -0.15) is 0 Å². The number of hydrogen-bond donors (Lipinski definition) is 0. The van der Waals surface area contributed by atoms with Crippen LogP contribution in [-0.4, -0.2) is 23.6 Å². The summed E-state index contributed by atoms with van der Waals surface area (Å²) in [6.45, 7) is 9.96. The second-order valence-corrected chi connectivity index (χ2v) is 4.99. The van der Waals surface area contributed by atoms with Crippen molar-refractivity contribution < 1.29 is 9.31 Å². The molecule has 2 nitrogen and oxygen atoms in total. The van der Waals surface area contributed by atoms with Gasteiger partial charge in [0, 0.05) is 0 Å². The monoisotopic (exact) mass is 190 g/mol. The predicted molar refractivity (Wildman–Crippen MR) is 51.4 cm³/mol. The molecule has 0 aromatic rings. The van der Waals surface area contributed by atoms with Crippen LogP contribution < -0.4 is 0 Å². The van der Waals surface area contributed by atoms with Gasteiger partial charge in [-0.3, -0.25) is 0 Å². The zero-order valence-corrected chi connectivity index (χ0v) is 9.11. The van der Waals surface area contributed by atoms with Gasteiger partial charge in [0.05, 0.1) is 16.5 Å². The van der Waals surface area contributed by atoms with E-state index in [1.807, 2.05) is 34.6 Å². The van der Waals surface area contributed by atoms with Crippen LogP contribution in [0.5, 0.6) is 0 Å². The molecule has 4 heteroatoms. The molecule has 0 amide bonds. The Morgan fingerprint density at radius 3 is 1.58 bits per heavy atom. The highest BCUT2D eigenvalue weighted by atomic mass is 35.5. The summed E-state index contributed by atoms with van der Waals surface area (Å²) in [5, 5.41) is -0.106. The van der Waals surface area contributed by atoms with Crippen LogP contribution in [0.2, 0.25) is 0 Å². The van der Waals surface area contributed by atoms with E-state index in [1.165, 1.54) is 0 Å². The summed E-state index contributed by atoms with van der Waals surface area (Å²) in [6.07, 6.45) is 0. The number of hydrogen-bond acceptors (Lipinski definition) is 2. The standard InChI is InChI=1S/C8H16BClO2/c1-6(10)9-11-7(2,3)8(4,5)12-9/h6H,1-5H3. The Morgan fingerprint density at radius 1 is 1.08 bits per heavy atom. The van der Waals surface area contributed by atoms with Gasteiger partial charge < -0.3 is 9.31 Å². The van der Waals surface area contributed by atoms with Gasteiger partial charge in [0.1, 0.15) is 0 Å². The zero-order chi connectivity index (χ0) is 9.57. The second-order valence-electron chi connectivity index (χ2n) is 4.30. The Morgan fingerprint density at radius 2 is 1.42 bits per heavy atom. The summed E-state index contributed by atoms with van der Waals surface area (Å²) >= 11 is 5.89. The molecule has 12 heavy (non-hydrogen) atoms. The van der Waals surface area contributed by atoms with Crippen LogP contribution in [0, 0.1) is 0 Å². The Bertz CT molecular complexity index is 164. The first-order valence-corrected chi connectivity index (χ1v) is 4.69. The molecular formula is C8H16BClO2. The minimum absolute atomic E-state index is 0.106. The van der Waals surface area contributed by atoms with Crippen molar-refractivity contribution in [3.05, 3.63) is 0 Å². The summed E-state index contributed by atoms with van der Waals surface area (Å²) in [5.41, 5.74) is -0.526. The van der Waals surface area contributed by atoms with Crippen LogP contribution in [0.1, 0.15) is 34.6 Å². The molecule has 1 rings (SSSR count). The summed E-state index contributed by atoms with van der Waals surface area (Å²) in [7, 11) is -0.281. The highest BCUT2D eigenvalue weighted by molar-refractivity contribution is 6.59. The van der Waals surface area contributed by atoms with Crippen molar-refractivity contribution in [2.24, 2.45) is 0 Å². The van der Waals surface area contributed by atoms with Crippen LogP contribution in [0.4, 0.5) is 0 Å². The molecule has 0 bridgehead atoms. The lowest BCUT2D eigenvalue weighted by atomic mass is 9.86. The van der Waals surface area contributed by atoms with Crippen molar-refractivity contribution in [1.82, 2.24) is 0 Å². The molecule has 1 atom stereocenters. The van der Waals surface area contributed by atoms with Crippen LogP contribution in [0.3, 0.4) is 0 Å². The van der Waals surface area contributed by atoms with Gasteiger partial charge in [-0.1, -0.05) is 6.92 Å². The molecule has 0 aromatic heterocycles. The summed E-state index contributed by atoms with van der Waals surface area (Å²) < 4.78 is 11.3. The average molecular weight is 190 g/mol. The molecule has 0 N–H and O–H groups in total. The Labute approximate surface area is 79.7 Å². The molecule has 1 heterocycles. The Kier molecular flexibility index (Phi) is 2.50. The Hall–Kier alpha value is 0.275. The van der Waals surface area contributed by atoms with E-state index >= 15 is 0 Å². The molecule has 1 fully saturated rings. The number of halogens is 1. The highest BCUT2D eigenvalue weighted by Crippen LogP contribution is 2.38. The second kappa shape index (κ2) is 2.90. The Balaban J connectivity index is 2.74. The molecule has 0 spiro atoms. The third-order valence-electron chi connectivity index (χ3n) is 2.65. The average Bonchev–Trinajstić information content (AvgIpc) is 2.03. The quantitative estimate of drug-likeness (QED) is 0.466. The van der Waals surface area contributed by atoms with Crippen LogP contribution in [0.15, 0.2) is 0 Å². The molecule has 0 saturated carbocycles. The molecule has 70 valence electrons. The van der Waals surface area contributed by atoms with Crippen molar-refractivity contribution >= 4 is 18.7 Å². The lowest BCUT2D eigenvalue weighted by molar-refractivity contribution is 0.00578. The maximum Gasteiger partial charge on any atom is 0.476 e. The first-order chi connectivity index (χ1) is 5.26. The van der Waals surface area contributed by atoms with E-state index < -0.39 is 0 Å². The fraction of sp³-hybridized carbons (Fsp3) is 1.00. The molecule has 1 aliphatic rings. The van der Waals surface area contributed by atoms with Crippen LogP contribution >= 0.6 is 11.6 Å². The smallest absolute Gasteiger partial charge is 0.402 e. The van der Waals surface area contributed by atoms with Gasteiger partial charge in [0.2, 0.25) is 0 Å². The molecule has 0 aliphatic carbocycles. The van der Waals surface area contributed by atoms with Gasteiger partial charge in [0.25, 0.3) is 0 Å². The zero-order valence-electron chi connectivity index (χ0n) is 8.35. The van der Waals surface area contributed by atoms with Gasteiger partial charge in [-0.15, -0.1) is 11.6 Å². The molecule has 0 radical (unpaired) electrons. The van der Waals surface area contributed by atoms with E-state index in [2.05, 4.69) is 0 Å². The van der Waals surface area contributed by atoms with Crippen LogP contribution in [0.25, 0.3) is 0 Å². The van der Waals surface area contributed by atoms with Crippen molar-refractivity contribution in [1.29, 1.82) is 0 Å². The summed E-state index contributed by atoms with van der Waals surface area (Å²) in [4.78, 5) is 0. The van der Waals surface area contributed by atoms with E-state index in [0.717, 1.165) is 0 Å². The summed E-state index contributed by atoms with van der Waals surface area (Å²) in [5.74, 6) is 0. The van der Waals surface area contributed by atoms with E-state index in [1.54, 1.807) is 0 Å². The SMILES string of the molecule is CC(Cl)B1OC(C)(C)C(C)(C)O1. The summed E-state index contributed by atoms with van der Waals surface area (Å²) in [6, 6.07) is 0. The van der Waals surface area contributed by atoms with Gasteiger partial charge in [-0.25, -0.2) is 0 Å². The fourth-order valence-corrected chi connectivity index (χ4v) is 1.18. The largest absolute Gasteiger partial charge is 0.476 e. The fourth-order valence-electron chi connectivity index (χ4n) is 1.08. The highest BCUT2D eigenvalue weighted by Gasteiger charge is 2.52.